The number of carboxylic acids is 1. The topological polar surface area (TPSA) is 113 Å². The Morgan fingerprint density at radius 2 is 2.05 bits per heavy atom. The molecule has 2 rings (SSSR count). The van der Waals surface area contributed by atoms with Crippen LogP contribution < -0.4 is 0 Å². The van der Waals surface area contributed by atoms with E-state index in [4.69, 9.17) is 15.0 Å². The van der Waals surface area contributed by atoms with Crippen LogP contribution in [-0.4, -0.2) is 50.1 Å². The van der Waals surface area contributed by atoms with Gasteiger partial charge < -0.3 is 19.7 Å². The molecule has 0 unspecified atom stereocenters. The molecule has 0 spiro atoms. The van der Waals surface area contributed by atoms with Gasteiger partial charge in [-0.3, -0.25) is 14.4 Å². The van der Waals surface area contributed by atoms with E-state index in [1.165, 1.54) is 0 Å². The summed E-state index contributed by atoms with van der Waals surface area (Å²) in [5, 5.41) is 15.8. The lowest BCUT2D eigenvalue weighted by atomic mass is 10.0. The molecule has 0 saturated heterocycles. The molecule has 122 valence electrons. The van der Waals surface area contributed by atoms with Gasteiger partial charge in [0.25, 0.3) is 6.47 Å². The molecular formula is C14H21N3O5. The van der Waals surface area contributed by atoms with E-state index in [9.17, 15) is 9.59 Å². The summed E-state index contributed by atoms with van der Waals surface area (Å²) in [4.78, 5) is 37.3. The van der Waals surface area contributed by atoms with E-state index in [1.54, 1.807) is 18.1 Å². The lowest BCUT2D eigenvalue weighted by molar-refractivity contribution is -0.141. The van der Waals surface area contributed by atoms with Crippen LogP contribution in [0.25, 0.3) is 0 Å². The minimum Gasteiger partial charge on any atom is -0.483 e. The van der Waals surface area contributed by atoms with Crippen LogP contribution in [0.15, 0.2) is 12.4 Å². The first kappa shape index (κ1) is 17.7. The zero-order valence-electron chi connectivity index (χ0n) is 12.7. The van der Waals surface area contributed by atoms with E-state index in [2.05, 4.69) is 4.98 Å². The maximum Gasteiger partial charge on any atom is 0.306 e. The summed E-state index contributed by atoms with van der Waals surface area (Å²) in [6, 6.07) is 0. The van der Waals surface area contributed by atoms with Crippen LogP contribution in [0, 0.1) is 11.8 Å². The van der Waals surface area contributed by atoms with Gasteiger partial charge in [0.1, 0.15) is 5.82 Å². The summed E-state index contributed by atoms with van der Waals surface area (Å²) in [5.74, 6) is -0.473. The van der Waals surface area contributed by atoms with Crippen LogP contribution >= 0.6 is 0 Å². The summed E-state index contributed by atoms with van der Waals surface area (Å²) in [6.45, 7) is 0.205. The zero-order valence-corrected chi connectivity index (χ0v) is 12.7. The third-order valence-corrected chi connectivity index (χ3v) is 3.81. The Morgan fingerprint density at radius 1 is 1.45 bits per heavy atom. The van der Waals surface area contributed by atoms with E-state index in [1.807, 2.05) is 17.8 Å². The maximum atomic E-state index is 12.2. The average molecular weight is 311 g/mol. The van der Waals surface area contributed by atoms with Gasteiger partial charge in [0.2, 0.25) is 5.91 Å². The summed E-state index contributed by atoms with van der Waals surface area (Å²) < 4.78 is 1.87. The molecule has 2 N–H and O–H groups in total. The molecule has 1 aliphatic carbocycles. The molecule has 0 aliphatic heterocycles. The predicted molar refractivity (Wildman–Crippen MR) is 76.8 cm³/mol. The lowest BCUT2D eigenvalue weighted by Gasteiger charge is -2.20. The summed E-state index contributed by atoms with van der Waals surface area (Å²) in [5.41, 5.74) is 0. The van der Waals surface area contributed by atoms with Crippen molar-refractivity contribution in [2.24, 2.45) is 18.9 Å². The molecule has 1 aromatic rings. The predicted octanol–water partition coefficient (Wildman–Crippen LogP) is 0.580. The highest BCUT2D eigenvalue weighted by Gasteiger charge is 2.35. The highest BCUT2D eigenvalue weighted by atomic mass is 16.4. The Morgan fingerprint density at radius 3 is 2.50 bits per heavy atom. The molecule has 2 atom stereocenters. The molecule has 1 aliphatic rings. The average Bonchev–Trinajstić information content (AvgIpc) is 3.09. The SMILES string of the molecule is CN(Cc1nccn1C)C(=O)[C@H]1CC[C@@H](C(=O)O)C1.O=CO. The Hall–Kier alpha value is -2.38. The fourth-order valence-electron chi connectivity index (χ4n) is 2.58. The molecule has 0 radical (unpaired) electrons. The van der Waals surface area contributed by atoms with Gasteiger partial charge in [-0.1, -0.05) is 0 Å². The highest BCUT2D eigenvalue weighted by Crippen LogP contribution is 2.32. The van der Waals surface area contributed by atoms with Crippen molar-refractivity contribution in [3.63, 3.8) is 0 Å². The van der Waals surface area contributed by atoms with Gasteiger partial charge in [-0.2, -0.15) is 0 Å². The first-order valence-corrected chi connectivity index (χ1v) is 6.92. The first-order valence-electron chi connectivity index (χ1n) is 6.92. The van der Waals surface area contributed by atoms with Gasteiger partial charge in [-0.05, 0) is 19.3 Å². The number of hydrogen-bond donors (Lipinski definition) is 2. The molecule has 1 saturated carbocycles. The number of rotatable bonds is 4. The van der Waals surface area contributed by atoms with Gasteiger partial charge in [0.15, 0.2) is 0 Å². The smallest absolute Gasteiger partial charge is 0.306 e. The number of aromatic nitrogens is 2. The van der Waals surface area contributed by atoms with E-state index in [-0.39, 0.29) is 24.2 Å². The van der Waals surface area contributed by atoms with Crippen molar-refractivity contribution in [1.29, 1.82) is 0 Å². The minimum atomic E-state index is -0.790. The van der Waals surface area contributed by atoms with E-state index >= 15 is 0 Å². The largest absolute Gasteiger partial charge is 0.483 e. The minimum absolute atomic E-state index is 0.0201. The monoisotopic (exact) mass is 311 g/mol. The van der Waals surface area contributed by atoms with Crippen molar-refractivity contribution in [1.82, 2.24) is 14.5 Å². The molecule has 8 nitrogen and oxygen atoms in total. The third-order valence-electron chi connectivity index (χ3n) is 3.81. The Kier molecular flexibility index (Phi) is 6.55. The number of hydrogen-bond acceptors (Lipinski definition) is 4. The maximum absolute atomic E-state index is 12.2. The second kappa shape index (κ2) is 8.16. The molecule has 0 aromatic carbocycles. The molecule has 1 amide bonds. The van der Waals surface area contributed by atoms with Crippen LogP contribution in [0.5, 0.6) is 0 Å². The first-order chi connectivity index (χ1) is 10.4. The molecule has 1 aromatic heterocycles. The van der Waals surface area contributed by atoms with Crippen molar-refractivity contribution in [2.45, 2.75) is 25.8 Å². The van der Waals surface area contributed by atoms with Gasteiger partial charge in [0.05, 0.1) is 12.5 Å². The number of carbonyl (C=O) groups excluding carboxylic acids is 1. The van der Waals surface area contributed by atoms with Gasteiger partial charge in [-0.25, -0.2) is 4.98 Å². The number of amides is 1. The van der Waals surface area contributed by atoms with Gasteiger partial charge in [0, 0.05) is 32.4 Å². The Labute approximate surface area is 128 Å². The third kappa shape index (κ3) is 4.57. The number of aryl methyl sites for hydroxylation is 1. The van der Waals surface area contributed by atoms with E-state index in [0.29, 0.717) is 25.8 Å². The molecule has 1 fully saturated rings. The lowest BCUT2D eigenvalue weighted by Crippen LogP contribution is -2.32. The van der Waals surface area contributed by atoms with Crippen molar-refractivity contribution in [2.75, 3.05) is 7.05 Å². The molecule has 1 heterocycles. The number of nitrogens with zero attached hydrogens (tertiary/aromatic N) is 3. The van der Waals surface area contributed by atoms with E-state index < -0.39 is 5.97 Å². The molecule has 22 heavy (non-hydrogen) atoms. The number of carbonyl (C=O) groups is 3. The Balaban J connectivity index is 0.000000745. The second-order valence-electron chi connectivity index (χ2n) is 5.30. The van der Waals surface area contributed by atoms with Crippen molar-refractivity contribution in [3.05, 3.63) is 18.2 Å². The Bertz CT molecular complexity index is 528. The highest BCUT2D eigenvalue weighted by molar-refractivity contribution is 5.80. The van der Waals surface area contributed by atoms with Crippen LogP contribution in [0.3, 0.4) is 0 Å². The zero-order chi connectivity index (χ0) is 16.7. The van der Waals surface area contributed by atoms with Crippen molar-refractivity contribution in [3.8, 4) is 0 Å². The fraction of sp³-hybridized carbons (Fsp3) is 0.571. The molecular weight excluding hydrogens is 290 g/mol. The van der Waals surface area contributed by atoms with Crippen LogP contribution in [-0.2, 0) is 28.0 Å². The number of aliphatic carboxylic acids is 1. The normalized spacial score (nSPS) is 19.9. The second-order valence-corrected chi connectivity index (χ2v) is 5.30. The number of carboxylic acid groups (broad SMARTS) is 2. The fourth-order valence-corrected chi connectivity index (χ4v) is 2.58. The molecule has 0 bridgehead atoms. The van der Waals surface area contributed by atoms with Crippen LogP contribution in [0.4, 0.5) is 0 Å². The van der Waals surface area contributed by atoms with Gasteiger partial charge >= 0.3 is 5.97 Å². The number of imidazole rings is 1. The molecule has 8 heteroatoms. The summed E-state index contributed by atoms with van der Waals surface area (Å²) >= 11 is 0. The summed E-state index contributed by atoms with van der Waals surface area (Å²) in [6.07, 6.45) is 5.26. The van der Waals surface area contributed by atoms with Gasteiger partial charge in [-0.15, -0.1) is 0 Å². The van der Waals surface area contributed by atoms with Crippen LogP contribution in [0.1, 0.15) is 25.1 Å². The van der Waals surface area contributed by atoms with Crippen molar-refractivity contribution >= 4 is 18.3 Å². The van der Waals surface area contributed by atoms with Crippen molar-refractivity contribution < 1.29 is 24.6 Å². The summed E-state index contributed by atoms with van der Waals surface area (Å²) in [7, 11) is 3.63. The van der Waals surface area contributed by atoms with Crippen LogP contribution in [0.2, 0.25) is 0 Å². The standard InChI is InChI=1S/C13H19N3O3.CH2O2/c1-15-6-5-14-11(15)8-16(2)12(17)9-3-4-10(7-9)13(18)19;2-1-3/h5-6,9-10H,3-4,7-8H2,1-2H3,(H,18,19);1H,(H,2,3)/t9-,10+;/m0./s1. The quantitative estimate of drug-likeness (QED) is 0.786. The van der Waals surface area contributed by atoms with E-state index in [0.717, 1.165) is 5.82 Å².